The first-order chi connectivity index (χ1) is 11.5. The molecule has 0 radical (unpaired) electrons. The molecule has 1 aromatic carbocycles. The predicted octanol–water partition coefficient (Wildman–Crippen LogP) is 3.83. The van der Waals surface area contributed by atoms with Gasteiger partial charge >= 0.3 is 5.97 Å². The summed E-state index contributed by atoms with van der Waals surface area (Å²) in [6.45, 7) is 6.38. The number of aromatic nitrogens is 2. The van der Waals surface area contributed by atoms with Gasteiger partial charge in [0, 0.05) is 16.9 Å². The lowest BCUT2D eigenvalue weighted by Crippen LogP contribution is -2.10. The molecule has 0 saturated carbocycles. The first-order valence-electron chi connectivity index (χ1n) is 8.43. The summed E-state index contributed by atoms with van der Waals surface area (Å²) in [6, 6.07) is 7.31. The van der Waals surface area contributed by atoms with Gasteiger partial charge in [-0.15, -0.1) is 0 Å². The summed E-state index contributed by atoms with van der Waals surface area (Å²) >= 11 is 0. The molecule has 1 heterocycles. The number of hydrogen-bond donors (Lipinski definition) is 1. The third-order valence-corrected chi connectivity index (χ3v) is 3.98. The molecule has 0 aliphatic heterocycles. The molecule has 0 atom stereocenters. The van der Waals surface area contributed by atoms with Crippen molar-refractivity contribution >= 4 is 17.5 Å². The minimum absolute atomic E-state index is 0.283. The Bertz CT molecular complexity index is 739. The van der Waals surface area contributed by atoms with Gasteiger partial charge < -0.3 is 10.1 Å². The van der Waals surface area contributed by atoms with E-state index < -0.39 is 0 Å². The maximum atomic E-state index is 12.0. The Morgan fingerprint density at radius 2 is 1.96 bits per heavy atom. The van der Waals surface area contributed by atoms with Crippen LogP contribution in [0.15, 0.2) is 24.3 Å². The van der Waals surface area contributed by atoms with Gasteiger partial charge in [-0.2, -0.15) is 0 Å². The van der Waals surface area contributed by atoms with E-state index in [-0.39, 0.29) is 5.97 Å². The Hall–Kier alpha value is -2.43. The number of esters is 1. The zero-order valence-electron chi connectivity index (χ0n) is 14.4. The lowest BCUT2D eigenvalue weighted by molar-refractivity contribution is 0.0459. The number of rotatable bonds is 5. The lowest BCUT2D eigenvalue weighted by atomic mass is 10.2. The smallest absolute Gasteiger partial charge is 0.338 e. The Balaban J connectivity index is 1.72. The van der Waals surface area contributed by atoms with E-state index in [1.807, 2.05) is 32.9 Å². The Kier molecular flexibility index (Phi) is 4.79. The molecular weight excluding hydrogens is 302 g/mol. The van der Waals surface area contributed by atoms with Crippen molar-refractivity contribution in [1.82, 2.24) is 9.97 Å². The van der Waals surface area contributed by atoms with Crippen molar-refractivity contribution in [2.24, 2.45) is 5.92 Å². The van der Waals surface area contributed by atoms with Gasteiger partial charge in [-0.3, -0.25) is 0 Å². The second-order valence-corrected chi connectivity index (χ2v) is 6.59. The van der Waals surface area contributed by atoms with Crippen LogP contribution < -0.4 is 5.32 Å². The first-order valence-corrected chi connectivity index (χ1v) is 8.43. The van der Waals surface area contributed by atoms with Crippen molar-refractivity contribution in [2.45, 2.75) is 40.0 Å². The van der Waals surface area contributed by atoms with Crippen molar-refractivity contribution < 1.29 is 9.53 Å². The van der Waals surface area contributed by atoms with Crippen molar-refractivity contribution in [3.05, 3.63) is 46.9 Å². The highest BCUT2D eigenvalue weighted by Gasteiger charge is 2.18. The zero-order valence-corrected chi connectivity index (χ0v) is 14.4. The fraction of sp³-hybridized carbons (Fsp3) is 0.421. The van der Waals surface area contributed by atoms with Crippen LogP contribution in [0.2, 0.25) is 0 Å². The van der Waals surface area contributed by atoms with Gasteiger partial charge in [0.25, 0.3) is 0 Å². The summed E-state index contributed by atoms with van der Waals surface area (Å²) in [7, 11) is 0. The van der Waals surface area contributed by atoms with E-state index >= 15 is 0 Å². The average molecular weight is 325 g/mol. The number of nitrogens with zero attached hydrogens (tertiary/aromatic N) is 2. The van der Waals surface area contributed by atoms with E-state index in [9.17, 15) is 4.79 Å². The van der Waals surface area contributed by atoms with Crippen LogP contribution in [0, 0.1) is 12.8 Å². The van der Waals surface area contributed by atoms with E-state index in [1.165, 1.54) is 5.56 Å². The van der Waals surface area contributed by atoms with E-state index in [4.69, 9.17) is 4.74 Å². The van der Waals surface area contributed by atoms with E-state index in [0.29, 0.717) is 18.1 Å². The molecule has 5 heteroatoms. The van der Waals surface area contributed by atoms with Crippen molar-refractivity contribution in [1.29, 1.82) is 0 Å². The van der Waals surface area contributed by atoms with Gasteiger partial charge in [0.15, 0.2) is 0 Å². The highest BCUT2D eigenvalue weighted by atomic mass is 16.5. The van der Waals surface area contributed by atoms with Gasteiger partial charge in [0.1, 0.15) is 11.6 Å². The van der Waals surface area contributed by atoms with Crippen LogP contribution in [0.5, 0.6) is 0 Å². The molecule has 0 spiro atoms. The van der Waals surface area contributed by atoms with Gasteiger partial charge in [0.05, 0.1) is 12.2 Å². The number of anilines is 2. The van der Waals surface area contributed by atoms with Crippen LogP contribution in [-0.4, -0.2) is 22.5 Å². The second-order valence-electron chi connectivity index (χ2n) is 6.59. The number of nitrogens with one attached hydrogen (secondary N) is 1. The number of fused-ring (bicyclic) bond motifs is 1. The molecule has 3 rings (SSSR count). The van der Waals surface area contributed by atoms with Gasteiger partial charge in [-0.05, 0) is 56.4 Å². The van der Waals surface area contributed by atoms with Crippen LogP contribution >= 0.6 is 0 Å². The molecule has 0 unspecified atom stereocenters. The monoisotopic (exact) mass is 325 g/mol. The summed E-state index contributed by atoms with van der Waals surface area (Å²) in [6.07, 6.45) is 3.16. The maximum Gasteiger partial charge on any atom is 0.338 e. The quantitative estimate of drug-likeness (QED) is 0.846. The fourth-order valence-corrected chi connectivity index (χ4v) is 2.81. The summed E-state index contributed by atoms with van der Waals surface area (Å²) in [5.41, 5.74) is 3.83. The standard InChI is InChI=1S/C19H23N3O2/c1-12(2)11-24-19(23)14-7-9-15(10-8-14)22-18-16-5-4-6-17(16)20-13(3)21-18/h7-10,12H,4-6,11H2,1-3H3,(H,20,21,22). The number of ether oxygens (including phenoxy) is 1. The maximum absolute atomic E-state index is 12.0. The predicted molar refractivity (Wildman–Crippen MR) is 93.6 cm³/mol. The van der Waals surface area contributed by atoms with Gasteiger partial charge in [-0.1, -0.05) is 13.8 Å². The minimum Gasteiger partial charge on any atom is -0.462 e. The summed E-state index contributed by atoms with van der Waals surface area (Å²) in [5, 5.41) is 3.36. The Morgan fingerprint density at radius 3 is 2.67 bits per heavy atom. The fourth-order valence-electron chi connectivity index (χ4n) is 2.81. The van der Waals surface area contributed by atoms with Crippen molar-refractivity contribution in [2.75, 3.05) is 11.9 Å². The van der Waals surface area contributed by atoms with E-state index in [2.05, 4.69) is 15.3 Å². The lowest BCUT2D eigenvalue weighted by Gasteiger charge is -2.12. The third-order valence-electron chi connectivity index (χ3n) is 3.98. The molecule has 0 fully saturated rings. The molecule has 126 valence electrons. The molecule has 0 bridgehead atoms. The number of aryl methyl sites for hydroxylation is 2. The molecule has 1 aliphatic rings. The normalized spacial score (nSPS) is 13.0. The molecule has 24 heavy (non-hydrogen) atoms. The van der Waals surface area contributed by atoms with Crippen LogP contribution in [0.1, 0.15) is 47.7 Å². The zero-order chi connectivity index (χ0) is 17.1. The van der Waals surface area contributed by atoms with Crippen LogP contribution in [0.25, 0.3) is 0 Å². The highest BCUT2D eigenvalue weighted by Crippen LogP contribution is 2.28. The second kappa shape index (κ2) is 6.99. The van der Waals surface area contributed by atoms with E-state index in [0.717, 1.165) is 42.3 Å². The largest absolute Gasteiger partial charge is 0.462 e. The minimum atomic E-state index is -0.283. The number of carbonyl (C=O) groups is 1. The highest BCUT2D eigenvalue weighted by molar-refractivity contribution is 5.89. The first kappa shape index (κ1) is 16.4. The van der Waals surface area contributed by atoms with Crippen molar-refractivity contribution in [3.8, 4) is 0 Å². The number of carbonyl (C=O) groups excluding carboxylic acids is 1. The van der Waals surface area contributed by atoms with Crippen molar-refractivity contribution in [3.63, 3.8) is 0 Å². The molecule has 2 aromatic rings. The summed E-state index contributed by atoms with van der Waals surface area (Å²) < 4.78 is 5.24. The topological polar surface area (TPSA) is 64.1 Å². The molecule has 1 aromatic heterocycles. The number of hydrogen-bond acceptors (Lipinski definition) is 5. The van der Waals surface area contributed by atoms with Crippen LogP contribution in [0.4, 0.5) is 11.5 Å². The number of benzene rings is 1. The summed E-state index contributed by atoms with van der Waals surface area (Å²) in [5.74, 6) is 1.71. The van der Waals surface area contributed by atoms with Gasteiger partial charge in [0.2, 0.25) is 0 Å². The molecule has 5 nitrogen and oxygen atoms in total. The summed E-state index contributed by atoms with van der Waals surface area (Å²) in [4.78, 5) is 21.0. The Labute approximate surface area is 142 Å². The molecule has 0 amide bonds. The molecule has 1 N–H and O–H groups in total. The SMILES string of the molecule is Cc1nc2c(c(Nc3ccc(C(=O)OCC(C)C)cc3)n1)CCC2. The molecular formula is C19H23N3O2. The molecule has 0 saturated heterocycles. The van der Waals surface area contributed by atoms with Crippen LogP contribution in [-0.2, 0) is 17.6 Å². The van der Waals surface area contributed by atoms with Gasteiger partial charge in [-0.25, -0.2) is 14.8 Å². The average Bonchev–Trinajstić information content (AvgIpc) is 3.01. The molecule has 1 aliphatic carbocycles. The van der Waals surface area contributed by atoms with E-state index in [1.54, 1.807) is 12.1 Å². The Morgan fingerprint density at radius 1 is 1.21 bits per heavy atom. The van der Waals surface area contributed by atoms with Crippen LogP contribution in [0.3, 0.4) is 0 Å². The third kappa shape index (κ3) is 3.72.